The van der Waals surface area contributed by atoms with Crippen molar-refractivity contribution in [2.45, 2.75) is 45.0 Å². The van der Waals surface area contributed by atoms with Gasteiger partial charge in [0.05, 0.1) is 5.69 Å². The zero-order valence-electron chi connectivity index (χ0n) is 16.2. The summed E-state index contributed by atoms with van der Waals surface area (Å²) in [4.78, 5) is 4.58. The Morgan fingerprint density at radius 2 is 1.96 bits per heavy atom. The minimum Gasteiger partial charge on any atom is -0.353 e. The molecule has 0 saturated carbocycles. The Kier molecular flexibility index (Phi) is 6.01. The Hall–Kier alpha value is -2.67. The second-order valence-corrected chi connectivity index (χ2v) is 7.20. The molecule has 0 spiro atoms. The SMILES string of the molecule is CC(C#Cc1ccc(Cc2nccc3ccccc23)cc1)OC1CCCCO1. The average Bonchev–Trinajstić information content (AvgIpc) is 2.74. The molecule has 28 heavy (non-hydrogen) atoms. The highest BCUT2D eigenvalue weighted by Crippen LogP contribution is 2.19. The highest BCUT2D eigenvalue weighted by Gasteiger charge is 2.15. The summed E-state index contributed by atoms with van der Waals surface area (Å²) in [6, 6.07) is 18.8. The van der Waals surface area contributed by atoms with Crippen molar-refractivity contribution in [1.29, 1.82) is 0 Å². The number of nitrogens with zero attached hydrogens (tertiary/aromatic N) is 1. The van der Waals surface area contributed by atoms with E-state index < -0.39 is 0 Å². The predicted molar refractivity (Wildman–Crippen MR) is 112 cm³/mol. The predicted octanol–water partition coefficient (Wildman–Crippen LogP) is 5.11. The minimum absolute atomic E-state index is 0.103. The average molecular weight is 371 g/mol. The van der Waals surface area contributed by atoms with Crippen LogP contribution in [-0.4, -0.2) is 24.0 Å². The van der Waals surface area contributed by atoms with Crippen LogP contribution in [0.2, 0.25) is 0 Å². The summed E-state index contributed by atoms with van der Waals surface area (Å²) in [7, 11) is 0. The van der Waals surface area contributed by atoms with Crippen LogP contribution in [0.3, 0.4) is 0 Å². The van der Waals surface area contributed by atoms with Crippen LogP contribution in [0.1, 0.15) is 43.0 Å². The monoisotopic (exact) mass is 371 g/mol. The smallest absolute Gasteiger partial charge is 0.159 e. The van der Waals surface area contributed by atoms with Crippen molar-refractivity contribution in [2.24, 2.45) is 0 Å². The first-order valence-electron chi connectivity index (χ1n) is 9.98. The van der Waals surface area contributed by atoms with Gasteiger partial charge >= 0.3 is 0 Å². The molecule has 4 rings (SSSR count). The Labute approximate surface area is 166 Å². The number of benzene rings is 2. The van der Waals surface area contributed by atoms with E-state index >= 15 is 0 Å². The van der Waals surface area contributed by atoms with E-state index in [0.29, 0.717) is 0 Å². The van der Waals surface area contributed by atoms with Crippen LogP contribution in [0.25, 0.3) is 10.8 Å². The van der Waals surface area contributed by atoms with Crippen LogP contribution in [0, 0.1) is 11.8 Å². The topological polar surface area (TPSA) is 31.4 Å². The number of hydrogen-bond acceptors (Lipinski definition) is 3. The summed E-state index contributed by atoms with van der Waals surface area (Å²) in [5.74, 6) is 6.38. The second kappa shape index (κ2) is 9.01. The first-order valence-corrected chi connectivity index (χ1v) is 9.98. The van der Waals surface area contributed by atoms with Crippen molar-refractivity contribution in [1.82, 2.24) is 4.98 Å². The summed E-state index contributed by atoms with van der Waals surface area (Å²) < 4.78 is 11.5. The van der Waals surface area contributed by atoms with Gasteiger partial charge in [0, 0.05) is 30.2 Å². The standard InChI is InChI=1S/C25H25NO2/c1-19(28-25-8-4-5-17-27-25)9-10-20-11-13-21(14-12-20)18-24-23-7-3-2-6-22(23)15-16-26-24/h2-3,6-7,11-16,19,25H,4-5,8,17-18H2,1H3. The second-order valence-electron chi connectivity index (χ2n) is 7.20. The molecule has 1 fully saturated rings. The molecule has 3 nitrogen and oxygen atoms in total. The third-order valence-electron chi connectivity index (χ3n) is 5.00. The van der Waals surface area contributed by atoms with Crippen molar-refractivity contribution in [3.63, 3.8) is 0 Å². The van der Waals surface area contributed by atoms with Gasteiger partial charge in [-0.25, -0.2) is 0 Å². The number of aromatic nitrogens is 1. The molecule has 2 heterocycles. The molecule has 0 N–H and O–H groups in total. The molecule has 0 bridgehead atoms. The summed E-state index contributed by atoms with van der Waals surface area (Å²) in [5, 5.41) is 2.44. The molecule has 3 heteroatoms. The van der Waals surface area contributed by atoms with Crippen LogP contribution >= 0.6 is 0 Å². The molecule has 2 atom stereocenters. The molecule has 0 aliphatic carbocycles. The van der Waals surface area contributed by atoms with Gasteiger partial charge in [0.15, 0.2) is 6.29 Å². The summed E-state index contributed by atoms with van der Waals surface area (Å²) >= 11 is 0. The number of hydrogen-bond donors (Lipinski definition) is 0. The first kappa shape index (κ1) is 18.7. The van der Waals surface area contributed by atoms with Crippen LogP contribution < -0.4 is 0 Å². The van der Waals surface area contributed by atoms with Gasteiger partial charge in [-0.15, -0.1) is 0 Å². The minimum atomic E-state index is -0.136. The summed E-state index contributed by atoms with van der Waals surface area (Å²) in [6.07, 6.45) is 5.71. The van der Waals surface area contributed by atoms with Crippen molar-refractivity contribution in [3.8, 4) is 11.8 Å². The van der Waals surface area contributed by atoms with Gasteiger partial charge in [-0.3, -0.25) is 4.98 Å². The zero-order valence-corrected chi connectivity index (χ0v) is 16.2. The Morgan fingerprint density at radius 1 is 1.11 bits per heavy atom. The van der Waals surface area contributed by atoms with E-state index in [4.69, 9.17) is 9.47 Å². The van der Waals surface area contributed by atoms with E-state index in [1.807, 2.05) is 13.1 Å². The van der Waals surface area contributed by atoms with Gasteiger partial charge in [-0.2, -0.15) is 0 Å². The van der Waals surface area contributed by atoms with E-state index in [-0.39, 0.29) is 12.4 Å². The van der Waals surface area contributed by atoms with Crippen LogP contribution in [-0.2, 0) is 15.9 Å². The lowest BCUT2D eigenvalue weighted by molar-refractivity contribution is -0.173. The van der Waals surface area contributed by atoms with Crippen molar-refractivity contribution >= 4 is 10.8 Å². The maximum Gasteiger partial charge on any atom is 0.159 e. The van der Waals surface area contributed by atoms with E-state index in [0.717, 1.165) is 43.5 Å². The Morgan fingerprint density at radius 3 is 2.79 bits per heavy atom. The van der Waals surface area contributed by atoms with Gasteiger partial charge in [-0.05, 0) is 55.3 Å². The van der Waals surface area contributed by atoms with E-state index in [1.165, 1.54) is 16.3 Å². The van der Waals surface area contributed by atoms with E-state index in [9.17, 15) is 0 Å². The third-order valence-corrected chi connectivity index (χ3v) is 5.00. The van der Waals surface area contributed by atoms with Crippen molar-refractivity contribution < 1.29 is 9.47 Å². The molecule has 0 radical (unpaired) electrons. The molecular formula is C25H25NO2. The van der Waals surface area contributed by atoms with Gasteiger partial charge in [0.1, 0.15) is 6.10 Å². The zero-order chi connectivity index (χ0) is 19.2. The van der Waals surface area contributed by atoms with Gasteiger partial charge in [0.2, 0.25) is 0 Å². The highest BCUT2D eigenvalue weighted by molar-refractivity contribution is 5.84. The molecule has 142 valence electrons. The summed E-state index contributed by atoms with van der Waals surface area (Å²) in [5.41, 5.74) is 3.33. The fourth-order valence-electron chi connectivity index (χ4n) is 3.49. The normalized spacial score (nSPS) is 17.7. The molecule has 1 aromatic heterocycles. The quantitative estimate of drug-likeness (QED) is 0.597. The molecule has 2 aromatic carbocycles. The molecule has 2 unspecified atom stereocenters. The van der Waals surface area contributed by atoms with E-state index in [1.54, 1.807) is 0 Å². The van der Waals surface area contributed by atoms with Crippen molar-refractivity contribution in [3.05, 3.63) is 77.6 Å². The molecule has 1 saturated heterocycles. The Bertz CT molecular complexity index is 973. The fraction of sp³-hybridized carbons (Fsp3) is 0.320. The largest absolute Gasteiger partial charge is 0.353 e. The van der Waals surface area contributed by atoms with Crippen LogP contribution in [0.5, 0.6) is 0 Å². The number of pyridine rings is 1. The molecule has 3 aromatic rings. The number of ether oxygens (including phenoxy) is 2. The lowest BCUT2D eigenvalue weighted by Crippen LogP contribution is -2.25. The molecule has 0 amide bonds. The first-order chi connectivity index (χ1) is 13.8. The fourth-order valence-corrected chi connectivity index (χ4v) is 3.49. The van der Waals surface area contributed by atoms with Crippen LogP contribution in [0.15, 0.2) is 60.8 Å². The third kappa shape index (κ3) is 4.78. The number of fused-ring (bicyclic) bond motifs is 1. The van der Waals surface area contributed by atoms with Gasteiger partial charge < -0.3 is 9.47 Å². The maximum atomic E-state index is 5.85. The van der Waals surface area contributed by atoms with Crippen LogP contribution in [0.4, 0.5) is 0 Å². The molecule has 1 aliphatic rings. The van der Waals surface area contributed by atoms with Crippen molar-refractivity contribution in [2.75, 3.05) is 6.61 Å². The summed E-state index contributed by atoms with van der Waals surface area (Å²) in [6.45, 7) is 2.77. The van der Waals surface area contributed by atoms with Gasteiger partial charge in [0.25, 0.3) is 0 Å². The highest BCUT2D eigenvalue weighted by atomic mass is 16.7. The maximum absolute atomic E-state index is 5.85. The molecule has 1 aliphatic heterocycles. The Balaban J connectivity index is 1.40. The molecular weight excluding hydrogens is 346 g/mol. The van der Waals surface area contributed by atoms with Gasteiger partial charge in [-0.1, -0.05) is 48.2 Å². The lowest BCUT2D eigenvalue weighted by atomic mass is 10.0. The lowest BCUT2D eigenvalue weighted by Gasteiger charge is -2.24. The number of rotatable bonds is 4. The van der Waals surface area contributed by atoms with E-state index in [2.05, 4.69) is 71.4 Å².